The molecule has 0 spiro atoms. The second kappa shape index (κ2) is 6.25. The number of nitrogens with zero attached hydrogens (tertiary/aromatic N) is 1. The van der Waals surface area contributed by atoms with E-state index < -0.39 is 0 Å². The first-order valence-electron chi connectivity index (χ1n) is 4.15. The van der Waals surface area contributed by atoms with Crippen LogP contribution in [0.3, 0.4) is 0 Å². The molecule has 74 valence electrons. The summed E-state index contributed by atoms with van der Waals surface area (Å²) < 4.78 is 0. The Hall–Kier alpha value is -0.240. The largest absolute Gasteiger partial charge is 0.302 e. The molecule has 0 aromatic heterocycles. The Morgan fingerprint density at radius 3 is 2.62 bits per heavy atom. The van der Waals surface area contributed by atoms with Crippen molar-refractivity contribution in [2.24, 2.45) is 0 Å². The second-order valence-corrected chi connectivity index (χ2v) is 3.40. The van der Waals surface area contributed by atoms with Crippen LogP contribution in [-0.2, 0) is 6.54 Å². The lowest BCUT2D eigenvalue weighted by molar-refractivity contribution is 0.346. The lowest BCUT2D eigenvalue weighted by Gasteiger charge is -2.13. The predicted molar refractivity (Wildman–Crippen MR) is 60.7 cm³/mol. The molecule has 0 amide bonds. The summed E-state index contributed by atoms with van der Waals surface area (Å²) in [7, 11) is 2.10. The summed E-state index contributed by atoms with van der Waals surface area (Å²) in [6.07, 6.45) is 0. The summed E-state index contributed by atoms with van der Waals surface area (Å²) in [5, 5.41) is 0.817. The quantitative estimate of drug-likeness (QED) is 0.755. The molecular formula is C10H15Cl2N. The average molecular weight is 220 g/mol. The van der Waals surface area contributed by atoms with Gasteiger partial charge in [-0.3, -0.25) is 0 Å². The predicted octanol–water partition coefficient (Wildman–Crippen LogP) is 3.21. The van der Waals surface area contributed by atoms with Gasteiger partial charge in [-0.05, 0) is 31.3 Å². The van der Waals surface area contributed by atoms with Crippen molar-refractivity contribution in [3.8, 4) is 0 Å². The molecule has 1 aromatic carbocycles. The summed E-state index contributed by atoms with van der Waals surface area (Å²) in [4.78, 5) is 2.24. The molecule has 1 aromatic rings. The molecule has 3 heteroatoms. The molecule has 0 atom stereocenters. The lowest BCUT2D eigenvalue weighted by Crippen LogP contribution is -2.16. The van der Waals surface area contributed by atoms with Crippen molar-refractivity contribution in [2.45, 2.75) is 13.5 Å². The molecule has 0 fully saturated rings. The molecule has 0 N–H and O–H groups in total. The van der Waals surface area contributed by atoms with E-state index in [1.54, 1.807) is 0 Å². The minimum Gasteiger partial charge on any atom is -0.302 e. The van der Waals surface area contributed by atoms with E-state index in [-0.39, 0.29) is 12.4 Å². The van der Waals surface area contributed by atoms with Crippen molar-refractivity contribution in [3.63, 3.8) is 0 Å². The Kier molecular flexibility index (Phi) is 6.13. The number of halogens is 2. The number of rotatable bonds is 3. The van der Waals surface area contributed by atoms with E-state index in [0.717, 1.165) is 18.1 Å². The summed E-state index contributed by atoms with van der Waals surface area (Å²) in [6.45, 7) is 4.17. The molecule has 0 bridgehead atoms. The van der Waals surface area contributed by atoms with Crippen molar-refractivity contribution in [3.05, 3.63) is 34.9 Å². The van der Waals surface area contributed by atoms with Gasteiger partial charge in [0, 0.05) is 11.6 Å². The molecule has 0 saturated carbocycles. The standard InChI is InChI=1S/C10H14ClN.ClH/c1-3-12(2)8-9-5-4-6-10(11)7-9;/h4-7H,3,8H2,1-2H3;1H. The van der Waals surface area contributed by atoms with Crippen LogP contribution in [0.1, 0.15) is 12.5 Å². The molecule has 1 rings (SSSR count). The average Bonchev–Trinajstić information content (AvgIpc) is 2.04. The van der Waals surface area contributed by atoms with Gasteiger partial charge in [0.2, 0.25) is 0 Å². The van der Waals surface area contributed by atoms with E-state index in [0.29, 0.717) is 0 Å². The topological polar surface area (TPSA) is 3.24 Å². The molecule has 0 radical (unpaired) electrons. The van der Waals surface area contributed by atoms with E-state index in [2.05, 4.69) is 24.9 Å². The van der Waals surface area contributed by atoms with Crippen molar-refractivity contribution in [1.29, 1.82) is 0 Å². The molecule has 0 aliphatic rings. The summed E-state index contributed by atoms with van der Waals surface area (Å²) >= 11 is 5.85. The Labute approximate surface area is 91.1 Å². The molecule has 1 nitrogen and oxygen atoms in total. The van der Waals surface area contributed by atoms with E-state index in [1.165, 1.54) is 5.56 Å². The van der Waals surface area contributed by atoms with Gasteiger partial charge in [-0.15, -0.1) is 12.4 Å². The zero-order valence-electron chi connectivity index (χ0n) is 7.96. The molecular weight excluding hydrogens is 205 g/mol. The maximum absolute atomic E-state index is 5.85. The van der Waals surface area contributed by atoms with Gasteiger partial charge >= 0.3 is 0 Å². The molecule has 0 heterocycles. The Morgan fingerprint density at radius 1 is 1.38 bits per heavy atom. The fourth-order valence-corrected chi connectivity index (χ4v) is 1.27. The summed E-state index contributed by atoms with van der Waals surface area (Å²) in [5.74, 6) is 0. The van der Waals surface area contributed by atoms with E-state index in [1.807, 2.05) is 18.2 Å². The highest BCUT2D eigenvalue weighted by Crippen LogP contribution is 2.11. The highest BCUT2D eigenvalue weighted by Gasteiger charge is 1.97. The van der Waals surface area contributed by atoms with Crippen LogP contribution in [0.2, 0.25) is 5.02 Å². The minimum absolute atomic E-state index is 0. The number of hydrogen-bond acceptors (Lipinski definition) is 1. The second-order valence-electron chi connectivity index (χ2n) is 2.96. The number of benzene rings is 1. The molecule has 0 aliphatic heterocycles. The van der Waals surface area contributed by atoms with Gasteiger partial charge in [0.25, 0.3) is 0 Å². The van der Waals surface area contributed by atoms with Crippen molar-refractivity contribution < 1.29 is 0 Å². The smallest absolute Gasteiger partial charge is 0.0409 e. The van der Waals surface area contributed by atoms with Crippen LogP contribution in [0.5, 0.6) is 0 Å². The van der Waals surface area contributed by atoms with Crippen LogP contribution < -0.4 is 0 Å². The third-order valence-corrected chi connectivity index (χ3v) is 2.12. The Morgan fingerprint density at radius 2 is 2.08 bits per heavy atom. The van der Waals surface area contributed by atoms with Crippen LogP contribution in [0, 0.1) is 0 Å². The summed E-state index contributed by atoms with van der Waals surface area (Å²) in [5.41, 5.74) is 1.27. The van der Waals surface area contributed by atoms with Crippen LogP contribution in [0.15, 0.2) is 24.3 Å². The monoisotopic (exact) mass is 219 g/mol. The first-order valence-corrected chi connectivity index (χ1v) is 4.53. The maximum atomic E-state index is 5.85. The minimum atomic E-state index is 0. The SMILES string of the molecule is CCN(C)Cc1cccc(Cl)c1.Cl. The Bertz CT molecular complexity index is 250. The fourth-order valence-electron chi connectivity index (χ4n) is 1.06. The van der Waals surface area contributed by atoms with Crippen LogP contribution >= 0.6 is 24.0 Å². The zero-order chi connectivity index (χ0) is 8.97. The first-order chi connectivity index (χ1) is 5.72. The van der Waals surface area contributed by atoms with Crippen molar-refractivity contribution in [1.82, 2.24) is 4.90 Å². The van der Waals surface area contributed by atoms with Gasteiger partial charge < -0.3 is 4.90 Å². The fraction of sp³-hybridized carbons (Fsp3) is 0.400. The molecule has 0 unspecified atom stereocenters. The van der Waals surface area contributed by atoms with Crippen molar-refractivity contribution >= 4 is 24.0 Å². The van der Waals surface area contributed by atoms with E-state index in [4.69, 9.17) is 11.6 Å². The Balaban J connectivity index is 0.00000144. The van der Waals surface area contributed by atoms with Gasteiger partial charge in [0.15, 0.2) is 0 Å². The van der Waals surface area contributed by atoms with E-state index >= 15 is 0 Å². The maximum Gasteiger partial charge on any atom is 0.0409 e. The van der Waals surface area contributed by atoms with Crippen LogP contribution in [-0.4, -0.2) is 18.5 Å². The third-order valence-electron chi connectivity index (χ3n) is 1.88. The highest BCUT2D eigenvalue weighted by molar-refractivity contribution is 6.30. The van der Waals surface area contributed by atoms with Gasteiger partial charge in [-0.1, -0.05) is 30.7 Å². The van der Waals surface area contributed by atoms with Gasteiger partial charge in [-0.2, -0.15) is 0 Å². The normalized spacial score (nSPS) is 9.85. The van der Waals surface area contributed by atoms with Crippen molar-refractivity contribution in [2.75, 3.05) is 13.6 Å². The third kappa shape index (κ3) is 4.51. The van der Waals surface area contributed by atoms with Gasteiger partial charge in [-0.25, -0.2) is 0 Å². The van der Waals surface area contributed by atoms with Crippen LogP contribution in [0.4, 0.5) is 0 Å². The number of hydrogen-bond donors (Lipinski definition) is 0. The zero-order valence-corrected chi connectivity index (χ0v) is 9.53. The first kappa shape index (κ1) is 12.8. The molecule has 0 aliphatic carbocycles. The highest BCUT2D eigenvalue weighted by atomic mass is 35.5. The van der Waals surface area contributed by atoms with Crippen LogP contribution in [0.25, 0.3) is 0 Å². The van der Waals surface area contributed by atoms with Gasteiger partial charge in [0.1, 0.15) is 0 Å². The summed E-state index contributed by atoms with van der Waals surface area (Å²) in [6, 6.07) is 7.99. The lowest BCUT2D eigenvalue weighted by atomic mass is 10.2. The molecule has 13 heavy (non-hydrogen) atoms. The molecule has 0 saturated heterocycles. The van der Waals surface area contributed by atoms with Gasteiger partial charge in [0.05, 0.1) is 0 Å². The van der Waals surface area contributed by atoms with E-state index in [9.17, 15) is 0 Å².